The Kier molecular flexibility index (Phi) is 9.89. The Balaban J connectivity index is 1.33. The SMILES string of the molecule is COc1ccc(C=NNC(=O)CCCNc2ccc(C(=O)NN=Cc3ccc(OC)nc3)cc2)cn1. The monoisotopic (exact) mass is 489 g/mol. The molecule has 11 heteroatoms. The molecule has 3 N–H and O–H groups in total. The minimum Gasteiger partial charge on any atom is -0.481 e. The van der Waals surface area contributed by atoms with E-state index in [4.69, 9.17) is 9.47 Å². The van der Waals surface area contributed by atoms with E-state index in [-0.39, 0.29) is 11.8 Å². The Morgan fingerprint density at radius 1 is 0.833 bits per heavy atom. The Morgan fingerprint density at radius 2 is 1.42 bits per heavy atom. The van der Waals surface area contributed by atoms with Crippen LogP contribution >= 0.6 is 0 Å². The molecule has 3 rings (SSSR count). The third-order valence-corrected chi connectivity index (χ3v) is 4.78. The van der Waals surface area contributed by atoms with Gasteiger partial charge in [-0.2, -0.15) is 10.2 Å². The van der Waals surface area contributed by atoms with Crippen LogP contribution in [0.5, 0.6) is 11.8 Å². The largest absolute Gasteiger partial charge is 0.481 e. The number of hydrogen-bond acceptors (Lipinski definition) is 9. The van der Waals surface area contributed by atoms with Gasteiger partial charge in [0.15, 0.2) is 0 Å². The summed E-state index contributed by atoms with van der Waals surface area (Å²) in [5.41, 5.74) is 7.75. The first-order valence-electron chi connectivity index (χ1n) is 11.1. The third kappa shape index (κ3) is 8.52. The van der Waals surface area contributed by atoms with Gasteiger partial charge >= 0.3 is 0 Å². The Morgan fingerprint density at radius 3 is 1.94 bits per heavy atom. The van der Waals surface area contributed by atoms with Crippen molar-refractivity contribution < 1.29 is 19.1 Å². The van der Waals surface area contributed by atoms with Crippen molar-refractivity contribution >= 4 is 29.9 Å². The number of anilines is 1. The Bertz CT molecular complexity index is 1180. The van der Waals surface area contributed by atoms with Gasteiger partial charge in [0.1, 0.15) is 0 Å². The van der Waals surface area contributed by atoms with Gasteiger partial charge in [-0.3, -0.25) is 9.59 Å². The number of rotatable bonds is 12. The molecule has 2 heterocycles. The lowest BCUT2D eigenvalue weighted by molar-refractivity contribution is -0.121. The summed E-state index contributed by atoms with van der Waals surface area (Å²) in [6, 6.07) is 13.9. The minimum atomic E-state index is -0.332. The van der Waals surface area contributed by atoms with Gasteiger partial charge in [0.05, 0.1) is 26.6 Å². The van der Waals surface area contributed by atoms with Crippen molar-refractivity contribution in [2.24, 2.45) is 10.2 Å². The molecular weight excluding hydrogens is 462 g/mol. The Hall–Kier alpha value is -4.80. The molecule has 2 aromatic heterocycles. The van der Waals surface area contributed by atoms with Crippen molar-refractivity contribution in [3.05, 3.63) is 77.6 Å². The predicted octanol–water partition coefficient (Wildman–Crippen LogP) is 2.60. The summed E-state index contributed by atoms with van der Waals surface area (Å²) in [4.78, 5) is 32.3. The molecule has 0 atom stereocenters. The number of nitrogens with one attached hydrogen (secondary N) is 3. The Labute approximate surface area is 208 Å². The number of hydrazone groups is 2. The van der Waals surface area contributed by atoms with E-state index in [0.717, 1.165) is 16.8 Å². The highest BCUT2D eigenvalue weighted by molar-refractivity contribution is 5.95. The molecule has 3 aromatic rings. The van der Waals surface area contributed by atoms with Crippen LogP contribution in [-0.4, -0.2) is 55.0 Å². The summed E-state index contributed by atoms with van der Waals surface area (Å²) in [7, 11) is 3.08. The average molecular weight is 490 g/mol. The maximum Gasteiger partial charge on any atom is 0.271 e. The lowest BCUT2D eigenvalue weighted by atomic mass is 10.2. The normalized spacial score (nSPS) is 10.8. The molecule has 0 aliphatic carbocycles. The lowest BCUT2D eigenvalue weighted by Crippen LogP contribution is -2.18. The van der Waals surface area contributed by atoms with E-state index in [0.29, 0.717) is 36.7 Å². The first-order valence-corrected chi connectivity index (χ1v) is 11.1. The van der Waals surface area contributed by atoms with Crippen LogP contribution in [0, 0.1) is 0 Å². The maximum atomic E-state index is 12.2. The van der Waals surface area contributed by atoms with E-state index in [1.54, 1.807) is 68.0 Å². The molecule has 0 fully saturated rings. The van der Waals surface area contributed by atoms with Crippen LogP contribution in [0.2, 0.25) is 0 Å². The van der Waals surface area contributed by atoms with E-state index < -0.39 is 0 Å². The molecule has 1 aromatic carbocycles. The topological polar surface area (TPSA) is 139 Å². The molecular formula is C25H27N7O4. The van der Waals surface area contributed by atoms with Gasteiger partial charge in [-0.25, -0.2) is 20.8 Å². The number of benzene rings is 1. The second-order valence-electron chi connectivity index (χ2n) is 7.37. The lowest BCUT2D eigenvalue weighted by Gasteiger charge is -2.07. The van der Waals surface area contributed by atoms with Crippen molar-refractivity contribution in [2.45, 2.75) is 12.8 Å². The van der Waals surface area contributed by atoms with Crippen LogP contribution in [0.4, 0.5) is 5.69 Å². The number of aromatic nitrogens is 2. The quantitative estimate of drug-likeness (QED) is 0.202. The van der Waals surface area contributed by atoms with Gasteiger partial charge in [-0.1, -0.05) is 0 Å². The standard InChI is InChI=1S/C25H27N7O4/c1-35-23-11-5-18(14-27-23)16-29-31-22(33)4-3-13-26-21-9-7-20(8-10-21)25(34)32-30-17-19-6-12-24(36-2)28-15-19/h5-12,14-17,26H,3-4,13H2,1-2H3,(H,31,33)(H,32,34). The van der Waals surface area contributed by atoms with Gasteiger partial charge in [0.25, 0.3) is 5.91 Å². The van der Waals surface area contributed by atoms with E-state index in [9.17, 15) is 9.59 Å². The van der Waals surface area contributed by atoms with Crippen molar-refractivity contribution in [3.63, 3.8) is 0 Å². The molecule has 0 aliphatic rings. The zero-order valence-corrected chi connectivity index (χ0v) is 20.0. The number of methoxy groups -OCH3 is 2. The number of ether oxygens (including phenoxy) is 2. The molecule has 186 valence electrons. The smallest absolute Gasteiger partial charge is 0.271 e. The predicted molar refractivity (Wildman–Crippen MR) is 137 cm³/mol. The molecule has 0 bridgehead atoms. The van der Waals surface area contributed by atoms with Crippen LogP contribution in [0.25, 0.3) is 0 Å². The van der Waals surface area contributed by atoms with Crippen LogP contribution in [0.1, 0.15) is 34.3 Å². The van der Waals surface area contributed by atoms with Crippen LogP contribution in [0.3, 0.4) is 0 Å². The number of carbonyl (C=O) groups is 2. The first kappa shape index (κ1) is 25.8. The molecule has 0 saturated carbocycles. The van der Waals surface area contributed by atoms with Gasteiger partial charge in [-0.15, -0.1) is 0 Å². The second-order valence-corrected chi connectivity index (χ2v) is 7.37. The van der Waals surface area contributed by atoms with Gasteiger partial charge in [-0.05, 0) is 42.8 Å². The third-order valence-electron chi connectivity index (χ3n) is 4.78. The summed E-state index contributed by atoms with van der Waals surface area (Å²) < 4.78 is 9.99. The summed E-state index contributed by atoms with van der Waals surface area (Å²) in [5.74, 6) is 0.491. The molecule has 0 unspecified atom stereocenters. The van der Waals surface area contributed by atoms with Crippen LogP contribution in [0.15, 0.2) is 71.1 Å². The van der Waals surface area contributed by atoms with Crippen molar-refractivity contribution in [1.82, 2.24) is 20.8 Å². The zero-order chi connectivity index (χ0) is 25.6. The number of hydrogen-bond donors (Lipinski definition) is 3. The zero-order valence-electron chi connectivity index (χ0n) is 20.0. The van der Waals surface area contributed by atoms with E-state index in [1.807, 2.05) is 0 Å². The van der Waals surface area contributed by atoms with E-state index in [1.165, 1.54) is 19.5 Å². The maximum absolute atomic E-state index is 12.2. The highest BCUT2D eigenvalue weighted by Gasteiger charge is 2.04. The molecule has 2 amide bonds. The van der Waals surface area contributed by atoms with Gasteiger partial charge < -0.3 is 14.8 Å². The number of carbonyl (C=O) groups excluding carboxylic acids is 2. The van der Waals surface area contributed by atoms with Crippen molar-refractivity contribution in [3.8, 4) is 11.8 Å². The second kappa shape index (κ2) is 13.8. The molecule has 0 aliphatic heterocycles. The fourth-order valence-electron chi connectivity index (χ4n) is 2.86. The van der Waals surface area contributed by atoms with Crippen LogP contribution in [-0.2, 0) is 4.79 Å². The van der Waals surface area contributed by atoms with Gasteiger partial charge in [0, 0.05) is 59.9 Å². The van der Waals surface area contributed by atoms with E-state index in [2.05, 4.69) is 36.3 Å². The highest BCUT2D eigenvalue weighted by atomic mass is 16.5. The van der Waals surface area contributed by atoms with Crippen LogP contribution < -0.4 is 25.6 Å². The summed E-state index contributed by atoms with van der Waals surface area (Å²) >= 11 is 0. The number of amides is 2. The summed E-state index contributed by atoms with van der Waals surface area (Å²) in [6.07, 6.45) is 7.13. The summed E-state index contributed by atoms with van der Waals surface area (Å²) in [5, 5.41) is 11.1. The molecule has 0 saturated heterocycles. The average Bonchev–Trinajstić information content (AvgIpc) is 2.92. The first-order chi connectivity index (χ1) is 17.6. The fourth-order valence-corrected chi connectivity index (χ4v) is 2.86. The molecule has 11 nitrogen and oxygen atoms in total. The van der Waals surface area contributed by atoms with Crippen molar-refractivity contribution in [2.75, 3.05) is 26.1 Å². The fraction of sp³-hybridized carbons (Fsp3) is 0.200. The highest BCUT2D eigenvalue weighted by Crippen LogP contribution is 2.10. The van der Waals surface area contributed by atoms with Gasteiger partial charge in [0.2, 0.25) is 17.7 Å². The molecule has 36 heavy (non-hydrogen) atoms. The summed E-state index contributed by atoms with van der Waals surface area (Å²) in [6.45, 7) is 0.589. The molecule has 0 radical (unpaired) electrons. The minimum absolute atomic E-state index is 0.187. The van der Waals surface area contributed by atoms with Crippen molar-refractivity contribution in [1.29, 1.82) is 0 Å². The number of nitrogens with zero attached hydrogens (tertiary/aromatic N) is 4. The number of pyridine rings is 2. The van der Waals surface area contributed by atoms with E-state index >= 15 is 0 Å². The molecule has 0 spiro atoms.